The van der Waals surface area contributed by atoms with E-state index in [-0.39, 0.29) is 11.5 Å². The van der Waals surface area contributed by atoms with Crippen LogP contribution in [0.2, 0.25) is 0 Å². The molecule has 0 rings (SSSR count). The lowest BCUT2D eigenvalue weighted by molar-refractivity contribution is -0.139. The number of ether oxygens (including phenoxy) is 1. The molecule has 5 heteroatoms. The Morgan fingerprint density at radius 1 is 1.41 bits per heavy atom. The second kappa shape index (κ2) is 8.38. The molecule has 0 fully saturated rings. The summed E-state index contributed by atoms with van der Waals surface area (Å²) in [5.41, 5.74) is 0.161. The second-order valence-corrected chi connectivity index (χ2v) is 4.12. The molecule has 0 saturated heterocycles. The number of rotatable bonds is 4. The zero-order valence-corrected chi connectivity index (χ0v) is 10.9. The molecule has 0 heterocycles. The van der Waals surface area contributed by atoms with Crippen molar-refractivity contribution in [3.8, 4) is 0 Å². The molecule has 0 aromatic carbocycles. The van der Waals surface area contributed by atoms with Gasteiger partial charge >= 0.3 is 11.9 Å². The minimum atomic E-state index is -0.981. The van der Waals surface area contributed by atoms with Crippen LogP contribution in [0.4, 0.5) is 0 Å². The Bertz CT molecular complexity index is 289. The molecule has 98 valence electrons. The first kappa shape index (κ1) is 17.6. The predicted octanol–water partition coefficient (Wildman–Crippen LogP) is 1.71. The van der Waals surface area contributed by atoms with E-state index in [4.69, 9.17) is 9.84 Å². The monoisotopic (exact) mass is 243 g/mol. The van der Waals surface area contributed by atoms with Crippen molar-refractivity contribution in [1.29, 1.82) is 0 Å². The zero-order chi connectivity index (χ0) is 14.1. The van der Waals surface area contributed by atoms with Crippen molar-refractivity contribution < 1.29 is 19.4 Å². The van der Waals surface area contributed by atoms with Crippen LogP contribution < -0.4 is 5.32 Å². The largest absolute Gasteiger partial charge is 0.478 e. The summed E-state index contributed by atoms with van der Waals surface area (Å²) in [6, 6.07) is 0. The lowest BCUT2D eigenvalue weighted by Gasteiger charge is -2.22. The van der Waals surface area contributed by atoms with E-state index in [1.54, 1.807) is 6.92 Å². The highest BCUT2D eigenvalue weighted by Crippen LogP contribution is 2.03. The van der Waals surface area contributed by atoms with Crippen LogP contribution in [0.25, 0.3) is 0 Å². The van der Waals surface area contributed by atoms with Gasteiger partial charge in [0.2, 0.25) is 0 Å². The number of esters is 1. The van der Waals surface area contributed by atoms with Gasteiger partial charge in [-0.05, 0) is 27.7 Å². The third kappa shape index (κ3) is 14.2. The Labute approximate surface area is 102 Å². The SMILES string of the molecule is C=C(NC(C)(C)C)C(=O)OCC.C=CC(=O)O. The number of carbonyl (C=O) groups excluding carboxylic acids is 1. The third-order valence-corrected chi connectivity index (χ3v) is 1.22. The van der Waals surface area contributed by atoms with Gasteiger partial charge in [-0.2, -0.15) is 0 Å². The Morgan fingerprint density at radius 3 is 2.06 bits per heavy atom. The van der Waals surface area contributed by atoms with Gasteiger partial charge in [0.05, 0.1) is 6.61 Å². The molecule has 0 aromatic rings. The van der Waals surface area contributed by atoms with Crippen LogP contribution in [0.3, 0.4) is 0 Å². The molecule has 0 unspecified atom stereocenters. The molecule has 0 aromatic heterocycles. The summed E-state index contributed by atoms with van der Waals surface area (Å²) in [5.74, 6) is -1.36. The van der Waals surface area contributed by atoms with Crippen LogP contribution in [0.5, 0.6) is 0 Å². The summed E-state index contributed by atoms with van der Waals surface area (Å²) in [7, 11) is 0. The fraction of sp³-hybridized carbons (Fsp3) is 0.500. The van der Waals surface area contributed by atoms with Crippen molar-refractivity contribution in [3.05, 3.63) is 24.9 Å². The van der Waals surface area contributed by atoms with Crippen LogP contribution in [-0.4, -0.2) is 29.2 Å². The molecule has 0 bridgehead atoms. The number of hydrogen-bond donors (Lipinski definition) is 2. The number of aliphatic carboxylic acids is 1. The Morgan fingerprint density at radius 2 is 1.82 bits per heavy atom. The first-order valence-corrected chi connectivity index (χ1v) is 5.13. The van der Waals surface area contributed by atoms with Crippen molar-refractivity contribution in [2.75, 3.05) is 6.61 Å². The molecule has 0 radical (unpaired) electrons. The van der Waals surface area contributed by atoms with E-state index in [0.29, 0.717) is 12.3 Å². The fourth-order valence-corrected chi connectivity index (χ4v) is 0.722. The van der Waals surface area contributed by atoms with Crippen LogP contribution in [0.15, 0.2) is 24.9 Å². The van der Waals surface area contributed by atoms with Gasteiger partial charge in [-0.15, -0.1) is 0 Å². The molecular formula is C12H21NO4. The van der Waals surface area contributed by atoms with Crippen LogP contribution in [0, 0.1) is 0 Å². The summed E-state index contributed by atoms with van der Waals surface area (Å²) >= 11 is 0. The molecule has 0 saturated carbocycles. The van der Waals surface area contributed by atoms with Gasteiger partial charge in [0.25, 0.3) is 0 Å². The maximum atomic E-state index is 11.0. The average Bonchev–Trinajstić information content (AvgIpc) is 2.16. The Hall–Kier alpha value is -1.78. The van der Waals surface area contributed by atoms with Crippen molar-refractivity contribution in [1.82, 2.24) is 5.32 Å². The van der Waals surface area contributed by atoms with Gasteiger partial charge in [-0.25, -0.2) is 9.59 Å². The van der Waals surface area contributed by atoms with Crippen LogP contribution >= 0.6 is 0 Å². The van der Waals surface area contributed by atoms with E-state index >= 15 is 0 Å². The van der Waals surface area contributed by atoms with Gasteiger partial charge in [0.15, 0.2) is 0 Å². The maximum Gasteiger partial charge on any atom is 0.353 e. The van der Waals surface area contributed by atoms with Crippen molar-refractivity contribution >= 4 is 11.9 Å². The van der Waals surface area contributed by atoms with Crippen molar-refractivity contribution in [2.45, 2.75) is 33.2 Å². The first-order chi connectivity index (χ1) is 7.64. The topological polar surface area (TPSA) is 75.6 Å². The summed E-state index contributed by atoms with van der Waals surface area (Å²) in [6.07, 6.45) is 0.833. The van der Waals surface area contributed by atoms with Crippen molar-refractivity contribution in [2.24, 2.45) is 0 Å². The van der Waals surface area contributed by atoms with E-state index in [2.05, 4.69) is 18.5 Å². The van der Waals surface area contributed by atoms with Gasteiger partial charge < -0.3 is 15.2 Å². The van der Waals surface area contributed by atoms with Gasteiger partial charge in [-0.1, -0.05) is 13.2 Å². The molecule has 0 amide bonds. The number of carboxylic acid groups (broad SMARTS) is 1. The molecule has 0 aliphatic rings. The van der Waals surface area contributed by atoms with Crippen LogP contribution in [-0.2, 0) is 14.3 Å². The molecule has 0 aliphatic carbocycles. The summed E-state index contributed by atoms with van der Waals surface area (Å²) in [4.78, 5) is 20.3. The molecular weight excluding hydrogens is 222 g/mol. The highest BCUT2D eigenvalue weighted by molar-refractivity contribution is 5.87. The lowest BCUT2D eigenvalue weighted by atomic mass is 10.1. The van der Waals surface area contributed by atoms with Crippen LogP contribution in [0.1, 0.15) is 27.7 Å². The molecule has 0 aliphatic heterocycles. The normalized spacial score (nSPS) is 9.41. The van der Waals surface area contributed by atoms with Crippen molar-refractivity contribution in [3.63, 3.8) is 0 Å². The number of carboxylic acids is 1. The first-order valence-electron chi connectivity index (χ1n) is 5.13. The standard InChI is InChI=1S/C9H17NO2.C3H4O2/c1-6-12-8(11)7(2)10-9(3,4)5;1-2-3(4)5/h10H,2,6H2,1,3-5H3;2H,1H2,(H,4,5). The van der Waals surface area contributed by atoms with Gasteiger partial charge in [0.1, 0.15) is 5.70 Å². The van der Waals surface area contributed by atoms with E-state index in [0.717, 1.165) is 6.08 Å². The molecule has 0 atom stereocenters. The Kier molecular flexibility index (Phi) is 8.68. The fourth-order valence-electron chi connectivity index (χ4n) is 0.722. The number of nitrogens with one attached hydrogen (secondary N) is 1. The molecule has 5 nitrogen and oxygen atoms in total. The highest BCUT2D eigenvalue weighted by atomic mass is 16.5. The summed E-state index contributed by atoms with van der Waals surface area (Å²) in [6.45, 7) is 14.5. The summed E-state index contributed by atoms with van der Waals surface area (Å²) < 4.78 is 4.75. The minimum Gasteiger partial charge on any atom is -0.478 e. The summed E-state index contributed by atoms with van der Waals surface area (Å²) in [5, 5.41) is 10.5. The number of carbonyl (C=O) groups is 2. The smallest absolute Gasteiger partial charge is 0.353 e. The minimum absolute atomic E-state index is 0.149. The lowest BCUT2D eigenvalue weighted by Crippen LogP contribution is -2.37. The average molecular weight is 243 g/mol. The van der Waals surface area contributed by atoms with E-state index in [1.165, 1.54) is 0 Å². The third-order valence-electron chi connectivity index (χ3n) is 1.22. The second-order valence-electron chi connectivity index (χ2n) is 4.12. The predicted molar refractivity (Wildman–Crippen MR) is 66.5 cm³/mol. The molecule has 2 N–H and O–H groups in total. The van der Waals surface area contributed by atoms with Gasteiger partial charge in [0, 0.05) is 11.6 Å². The quantitative estimate of drug-likeness (QED) is 0.580. The Balaban J connectivity index is 0. The van der Waals surface area contributed by atoms with E-state index in [1.807, 2.05) is 20.8 Å². The van der Waals surface area contributed by atoms with E-state index in [9.17, 15) is 9.59 Å². The molecule has 17 heavy (non-hydrogen) atoms. The van der Waals surface area contributed by atoms with E-state index < -0.39 is 5.97 Å². The molecule has 0 spiro atoms. The maximum absolute atomic E-state index is 11.0. The number of hydrogen-bond acceptors (Lipinski definition) is 4. The highest BCUT2D eigenvalue weighted by Gasteiger charge is 2.15. The van der Waals surface area contributed by atoms with Gasteiger partial charge in [-0.3, -0.25) is 0 Å². The zero-order valence-electron chi connectivity index (χ0n) is 10.9.